The summed E-state index contributed by atoms with van der Waals surface area (Å²) in [6, 6.07) is 12.9. The molecule has 0 bridgehead atoms. The zero-order chi connectivity index (χ0) is 17.8. The second-order valence-corrected chi connectivity index (χ2v) is 7.93. The Bertz CT molecular complexity index is 741. The van der Waals surface area contributed by atoms with Crippen LogP contribution in [-0.4, -0.2) is 25.3 Å². The lowest BCUT2D eigenvalue weighted by molar-refractivity contribution is 0.302. The van der Waals surface area contributed by atoms with Gasteiger partial charge in [-0.25, -0.2) is 0 Å². The monoisotopic (exact) mass is 396 g/mol. The molecule has 134 valence electrons. The molecular weight excluding hydrogens is 375 g/mol. The molecule has 0 radical (unpaired) electrons. The van der Waals surface area contributed by atoms with E-state index in [4.69, 9.17) is 28.3 Å². The summed E-state index contributed by atoms with van der Waals surface area (Å²) in [5.41, 5.74) is 3.89. The first-order valence-electron chi connectivity index (χ1n) is 8.40. The zero-order valence-electron chi connectivity index (χ0n) is 14.1. The fourth-order valence-corrected chi connectivity index (χ4v) is 4.42. The molecule has 3 nitrogen and oxygen atoms in total. The molecule has 0 aliphatic heterocycles. The van der Waals surface area contributed by atoms with Crippen LogP contribution in [0.1, 0.15) is 41.5 Å². The smallest absolute Gasteiger partial charge is 0.0595 e. The van der Waals surface area contributed by atoms with E-state index in [1.807, 2.05) is 19.2 Å². The minimum Gasteiger partial charge on any atom is -0.395 e. The molecule has 6 heteroatoms. The molecular formula is C19H22Cl2N2OS. The number of halogens is 2. The van der Waals surface area contributed by atoms with E-state index >= 15 is 0 Å². The highest BCUT2D eigenvalue weighted by molar-refractivity contribution is 7.97. The summed E-state index contributed by atoms with van der Waals surface area (Å²) in [6.45, 7) is 0.708. The van der Waals surface area contributed by atoms with Crippen LogP contribution in [-0.2, 0) is 0 Å². The molecule has 0 amide bonds. The Kier molecular flexibility index (Phi) is 6.67. The van der Waals surface area contributed by atoms with E-state index in [1.165, 1.54) is 16.7 Å². The lowest BCUT2D eigenvalue weighted by atomic mass is 9.77. The van der Waals surface area contributed by atoms with Crippen LogP contribution >= 0.6 is 35.1 Å². The van der Waals surface area contributed by atoms with Crippen molar-refractivity contribution in [3.05, 3.63) is 63.1 Å². The van der Waals surface area contributed by atoms with Crippen LogP contribution in [0.5, 0.6) is 0 Å². The Hall–Kier alpha value is -0.750. The van der Waals surface area contributed by atoms with Gasteiger partial charge in [-0.1, -0.05) is 35.3 Å². The average molecular weight is 397 g/mol. The molecule has 25 heavy (non-hydrogen) atoms. The van der Waals surface area contributed by atoms with Crippen molar-refractivity contribution in [3.63, 3.8) is 0 Å². The Labute approximate surface area is 163 Å². The van der Waals surface area contributed by atoms with Crippen LogP contribution in [0, 0.1) is 0 Å². The first-order chi connectivity index (χ1) is 12.1. The Balaban J connectivity index is 1.93. The number of aliphatic hydroxyl groups is 1. The third-order valence-electron chi connectivity index (χ3n) is 4.65. The van der Waals surface area contributed by atoms with Gasteiger partial charge in [-0.05, 0) is 72.8 Å². The molecule has 0 spiro atoms. The second-order valence-electron chi connectivity index (χ2n) is 6.16. The van der Waals surface area contributed by atoms with Crippen molar-refractivity contribution in [2.24, 2.45) is 0 Å². The van der Waals surface area contributed by atoms with E-state index < -0.39 is 0 Å². The number of nitrogens with one attached hydrogen (secondary N) is 2. The van der Waals surface area contributed by atoms with E-state index in [2.05, 4.69) is 34.3 Å². The Morgan fingerprint density at radius 1 is 1.08 bits per heavy atom. The van der Waals surface area contributed by atoms with E-state index in [-0.39, 0.29) is 6.61 Å². The fourth-order valence-electron chi connectivity index (χ4n) is 3.43. The molecule has 0 fully saturated rings. The van der Waals surface area contributed by atoms with Crippen molar-refractivity contribution in [1.82, 2.24) is 10.0 Å². The summed E-state index contributed by atoms with van der Waals surface area (Å²) in [5, 5.41) is 13.5. The number of aliphatic hydroxyl groups excluding tert-OH is 1. The first-order valence-corrected chi connectivity index (χ1v) is 9.98. The normalized spacial score (nSPS) is 19.7. The highest BCUT2D eigenvalue weighted by Crippen LogP contribution is 2.43. The minimum atomic E-state index is 0.135. The molecule has 1 aliphatic carbocycles. The topological polar surface area (TPSA) is 44.3 Å². The fraction of sp³-hybridized carbons (Fsp3) is 0.368. The quantitative estimate of drug-likeness (QED) is 0.485. The van der Waals surface area contributed by atoms with Gasteiger partial charge in [-0.3, -0.25) is 4.72 Å². The van der Waals surface area contributed by atoms with E-state index in [1.54, 1.807) is 11.9 Å². The van der Waals surface area contributed by atoms with Crippen molar-refractivity contribution in [1.29, 1.82) is 0 Å². The Morgan fingerprint density at radius 2 is 1.92 bits per heavy atom. The van der Waals surface area contributed by atoms with Crippen LogP contribution in [0.4, 0.5) is 0 Å². The summed E-state index contributed by atoms with van der Waals surface area (Å²) in [4.78, 5) is 1.15. The largest absolute Gasteiger partial charge is 0.395 e. The van der Waals surface area contributed by atoms with Gasteiger partial charge in [0.2, 0.25) is 0 Å². The lowest BCUT2D eigenvalue weighted by Gasteiger charge is -2.32. The highest BCUT2D eigenvalue weighted by atomic mass is 35.5. The molecule has 0 aromatic heterocycles. The maximum absolute atomic E-state index is 8.91. The molecule has 3 N–H and O–H groups in total. The van der Waals surface area contributed by atoms with Gasteiger partial charge in [-0.2, -0.15) is 0 Å². The standard InChI is InChI=1S/C19H22Cl2N2OS/c1-22-19-7-5-14(12-2-6-17(20)18(21)10-12)15-4-3-13(11-16(15)19)25-23-8-9-24/h2-4,6,10-11,14,19,22-24H,5,7-9H2,1H3. The number of hydrogen-bond acceptors (Lipinski definition) is 4. The van der Waals surface area contributed by atoms with Gasteiger partial charge in [-0.15, -0.1) is 0 Å². The molecule has 2 unspecified atom stereocenters. The molecule has 2 aromatic carbocycles. The van der Waals surface area contributed by atoms with Gasteiger partial charge < -0.3 is 10.4 Å². The van der Waals surface area contributed by atoms with Crippen LogP contribution in [0.2, 0.25) is 10.0 Å². The third-order valence-corrected chi connectivity index (χ3v) is 6.23. The molecule has 2 aromatic rings. The van der Waals surface area contributed by atoms with E-state index in [0.29, 0.717) is 28.5 Å². The van der Waals surface area contributed by atoms with Gasteiger partial charge in [0, 0.05) is 23.4 Å². The van der Waals surface area contributed by atoms with Crippen LogP contribution < -0.4 is 10.0 Å². The van der Waals surface area contributed by atoms with E-state index in [9.17, 15) is 0 Å². The van der Waals surface area contributed by atoms with E-state index in [0.717, 1.165) is 17.7 Å². The Morgan fingerprint density at radius 3 is 2.64 bits per heavy atom. The van der Waals surface area contributed by atoms with Crippen molar-refractivity contribution in [2.75, 3.05) is 20.2 Å². The van der Waals surface area contributed by atoms with Crippen LogP contribution in [0.3, 0.4) is 0 Å². The first kappa shape index (κ1) is 19.0. The van der Waals surface area contributed by atoms with Crippen molar-refractivity contribution in [3.8, 4) is 0 Å². The van der Waals surface area contributed by atoms with Gasteiger partial charge in [0.15, 0.2) is 0 Å². The lowest BCUT2D eigenvalue weighted by Crippen LogP contribution is -2.24. The van der Waals surface area contributed by atoms with Gasteiger partial charge in [0.05, 0.1) is 16.7 Å². The van der Waals surface area contributed by atoms with Crippen molar-refractivity contribution >= 4 is 35.1 Å². The molecule has 0 saturated heterocycles. The second kappa shape index (κ2) is 8.76. The number of hydrogen-bond donors (Lipinski definition) is 3. The predicted molar refractivity (Wildman–Crippen MR) is 107 cm³/mol. The van der Waals surface area contributed by atoms with Gasteiger partial charge >= 0.3 is 0 Å². The maximum atomic E-state index is 8.91. The van der Waals surface area contributed by atoms with Gasteiger partial charge in [0.25, 0.3) is 0 Å². The molecule has 2 atom stereocenters. The molecule has 1 aliphatic rings. The number of rotatable bonds is 6. The van der Waals surface area contributed by atoms with Crippen LogP contribution in [0.15, 0.2) is 41.3 Å². The summed E-state index contributed by atoms with van der Waals surface area (Å²) in [6.07, 6.45) is 2.15. The van der Waals surface area contributed by atoms with Crippen LogP contribution in [0.25, 0.3) is 0 Å². The number of fused-ring (bicyclic) bond motifs is 1. The summed E-state index contributed by atoms with van der Waals surface area (Å²) < 4.78 is 3.16. The minimum absolute atomic E-state index is 0.135. The summed E-state index contributed by atoms with van der Waals surface area (Å²) >= 11 is 13.9. The van der Waals surface area contributed by atoms with Gasteiger partial charge in [0.1, 0.15) is 0 Å². The predicted octanol–water partition coefficient (Wildman–Crippen LogP) is 4.77. The summed E-state index contributed by atoms with van der Waals surface area (Å²) in [5.74, 6) is 0.332. The maximum Gasteiger partial charge on any atom is 0.0595 e. The van der Waals surface area contributed by atoms with Crippen molar-refractivity contribution in [2.45, 2.75) is 29.7 Å². The average Bonchev–Trinajstić information content (AvgIpc) is 2.63. The SMILES string of the molecule is CNC1CCC(c2ccc(Cl)c(Cl)c2)c2ccc(SNCCO)cc21. The third kappa shape index (κ3) is 4.33. The van der Waals surface area contributed by atoms with Crippen molar-refractivity contribution < 1.29 is 5.11 Å². The molecule has 0 saturated carbocycles. The highest BCUT2D eigenvalue weighted by Gasteiger charge is 2.28. The summed E-state index contributed by atoms with van der Waals surface area (Å²) in [7, 11) is 2.01. The molecule has 0 heterocycles. The number of benzene rings is 2. The zero-order valence-corrected chi connectivity index (χ0v) is 16.4. The molecule has 3 rings (SSSR count).